The lowest BCUT2D eigenvalue weighted by molar-refractivity contribution is 0.0755. The maximum absolute atomic E-state index is 12.7. The predicted molar refractivity (Wildman–Crippen MR) is 110 cm³/mol. The Morgan fingerprint density at radius 1 is 1.11 bits per heavy atom. The molecule has 1 aromatic heterocycles. The van der Waals surface area contributed by atoms with E-state index in [0.29, 0.717) is 29.4 Å². The molecule has 0 unspecified atom stereocenters. The van der Waals surface area contributed by atoms with Crippen LogP contribution in [0.15, 0.2) is 30.5 Å². The number of benzene rings is 1. The highest BCUT2D eigenvalue weighted by molar-refractivity contribution is 6.34. The van der Waals surface area contributed by atoms with Gasteiger partial charge in [-0.15, -0.1) is 0 Å². The van der Waals surface area contributed by atoms with Gasteiger partial charge in [0, 0.05) is 24.8 Å². The van der Waals surface area contributed by atoms with Gasteiger partial charge in [0.05, 0.1) is 10.7 Å². The van der Waals surface area contributed by atoms with Crippen molar-refractivity contribution in [3.8, 4) is 0 Å². The number of carbonyl (C=O) groups is 2. The molecule has 1 N–H and O–H groups in total. The van der Waals surface area contributed by atoms with Crippen molar-refractivity contribution in [2.75, 3.05) is 18.4 Å². The Morgan fingerprint density at radius 3 is 2.37 bits per heavy atom. The number of nitrogens with one attached hydrogen (secondary N) is 1. The smallest absolute Gasteiger partial charge is 0.274 e. The summed E-state index contributed by atoms with van der Waals surface area (Å²) >= 11 is 6.26. The molecule has 2 rings (SSSR count). The van der Waals surface area contributed by atoms with Crippen LogP contribution in [0, 0.1) is 13.8 Å². The van der Waals surface area contributed by atoms with Gasteiger partial charge in [-0.25, -0.2) is 0 Å². The zero-order valence-corrected chi connectivity index (χ0v) is 17.1. The number of aryl methyl sites for hydroxylation is 2. The van der Waals surface area contributed by atoms with Gasteiger partial charge in [0.25, 0.3) is 11.8 Å². The fourth-order valence-corrected chi connectivity index (χ4v) is 3.35. The van der Waals surface area contributed by atoms with Crippen molar-refractivity contribution in [2.24, 2.45) is 0 Å². The fraction of sp³-hybridized carbons (Fsp3) is 0.381. The number of anilines is 1. The van der Waals surface area contributed by atoms with E-state index in [1.54, 1.807) is 17.0 Å². The summed E-state index contributed by atoms with van der Waals surface area (Å²) in [6.07, 6.45) is 3.26. The third-order valence-corrected chi connectivity index (χ3v) is 4.48. The second-order valence-corrected chi connectivity index (χ2v) is 7.02. The molecule has 6 heteroatoms. The molecule has 0 bridgehead atoms. The Morgan fingerprint density at radius 2 is 1.78 bits per heavy atom. The molecule has 0 radical (unpaired) electrons. The molecule has 0 aliphatic rings. The minimum atomic E-state index is -0.393. The van der Waals surface area contributed by atoms with Crippen LogP contribution in [-0.2, 0) is 0 Å². The monoisotopic (exact) mass is 387 g/mol. The Kier molecular flexibility index (Phi) is 7.36. The van der Waals surface area contributed by atoms with Crippen LogP contribution in [0.1, 0.15) is 58.7 Å². The highest BCUT2D eigenvalue weighted by atomic mass is 35.5. The minimum absolute atomic E-state index is 0.0836. The number of nitrogens with zero attached hydrogens (tertiary/aromatic N) is 2. The third kappa shape index (κ3) is 5.30. The van der Waals surface area contributed by atoms with E-state index in [-0.39, 0.29) is 11.6 Å². The van der Waals surface area contributed by atoms with Crippen LogP contribution < -0.4 is 5.32 Å². The van der Waals surface area contributed by atoms with Gasteiger partial charge in [-0.3, -0.25) is 14.6 Å². The van der Waals surface area contributed by atoms with Gasteiger partial charge in [0.1, 0.15) is 5.69 Å². The summed E-state index contributed by atoms with van der Waals surface area (Å²) in [6, 6.07) is 6.92. The molecule has 144 valence electrons. The summed E-state index contributed by atoms with van der Waals surface area (Å²) in [5, 5.41) is 3.29. The average Bonchev–Trinajstić information content (AvgIpc) is 2.63. The molecule has 0 saturated carbocycles. The molecule has 0 atom stereocenters. The molecule has 1 aromatic carbocycles. The average molecular weight is 388 g/mol. The van der Waals surface area contributed by atoms with Crippen LogP contribution in [0.5, 0.6) is 0 Å². The zero-order valence-electron chi connectivity index (χ0n) is 16.3. The topological polar surface area (TPSA) is 62.3 Å². The number of hydrogen-bond donors (Lipinski definition) is 1. The molecule has 0 spiro atoms. The van der Waals surface area contributed by atoms with Gasteiger partial charge in [-0.2, -0.15) is 0 Å². The van der Waals surface area contributed by atoms with Crippen LogP contribution >= 0.6 is 11.6 Å². The highest BCUT2D eigenvalue weighted by Gasteiger charge is 2.18. The zero-order chi connectivity index (χ0) is 20.0. The molecule has 0 aliphatic carbocycles. The van der Waals surface area contributed by atoms with Gasteiger partial charge >= 0.3 is 0 Å². The number of amides is 2. The van der Waals surface area contributed by atoms with E-state index < -0.39 is 5.91 Å². The van der Waals surface area contributed by atoms with E-state index in [0.717, 1.165) is 24.0 Å². The number of hydrogen-bond acceptors (Lipinski definition) is 3. The maximum atomic E-state index is 12.7. The largest absolute Gasteiger partial charge is 0.339 e. The molecule has 1 heterocycles. The molecule has 27 heavy (non-hydrogen) atoms. The Bertz CT molecular complexity index is 807. The summed E-state index contributed by atoms with van der Waals surface area (Å²) in [5.74, 6) is -0.476. The summed E-state index contributed by atoms with van der Waals surface area (Å²) < 4.78 is 0. The van der Waals surface area contributed by atoms with Crippen LogP contribution in [0.2, 0.25) is 5.02 Å². The van der Waals surface area contributed by atoms with E-state index in [9.17, 15) is 9.59 Å². The van der Waals surface area contributed by atoms with Crippen LogP contribution in [0.25, 0.3) is 0 Å². The van der Waals surface area contributed by atoms with Crippen LogP contribution in [-0.4, -0.2) is 34.8 Å². The van der Waals surface area contributed by atoms with Crippen molar-refractivity contribution in [1.29, 1.82) is 0 Å². The second-order valence-electron chi connectivity index (χ2n) is 6.61. The molecule has 2 amide bonds. The fourth-order valence-electron chi connectivity index (χ4n) is 2.98. The van der Waals surface area contributed by atoms with Crippen molar-refractivity contribution in [3.63, 3.8) is 0 Å². The Balaban J connectivity index is 2.24. The maximum Gasteiger partial charge on any atom is 0.274 e. The van der Waals surface area contributed by atoms with E-state index in [4.69, 9.17) is 11.6 Å². The Hall–Kier alpha value is -2.40. The van der Waals surface area contributed by atoms with Crippen molar-refractivity contribution in [2.45, 2.75) is 40.5 Å². The Labute approximate surface area is 165 Å². The SMILES string of the molecule is CCCN(CCC)C(=O)c1ccnc(C(=O)Nc2c(C)cc(C)cc2Cl)c1. The first-order valence-electron chi connectivity index (χ1n) is 9.20. The highest BCUT2D eigenvalue weighted by Crippen LogP contribution is 2.27. The van der Waals surface area contributed by atoms with E-state index in [1.165, 1.54) is 12.3 Å². The number of halogens is 1. The van der Waals surface area contributed by atoms with Gasteiger partial charge in [0.2, 0.25) is 0 Å². The molecule has 5 nitrogen and oxygen atoms in total. The first-order valence-corrected chi connectivity index (χ1v) is 9.58. The van der Waals surface area contributed by atoms with E-state index in [2.05, 4.69) is 10.3 Å². The molecule has 0 aliphatic heterocycles. The van der Waals surface area contributed by atoms with Crippen LogP contribution in [0.3, 0.4) is 0 Å². The first kappa shape index (κ1) is 20.9. The van der Waals surface area contributed by atoms with Crippen molar-refractivity contribution < 1.29 is 9.59 Å². The molecule has 0 fully saturated rings. The lowest BCUT2D eigenvalue weighted by atomic mass is 10.1. The van der Waals surface area contributed by atoms with Crippen molar-refractivity contribution >= 4 is 29.1 Å². The number of rotatable bonds is 7. The third-order valence-electron chi connectivity index (χ3n) is 4.18. The van der Waals surface area contributed by atoms with Crippen molar-refractivity contribution in [1.82, 2.24) is 9.88 Å². The summed E-state index contributed by atoms with van der Waals surface area (Å²) in [7, 11) is 0. The van der Waals surface area contributed by atoms with Gasteiger partial charge in [-0.1, -0.05) is 31.5 Å². The van der Waals surface area contributed by atoms with Gasteiger partial charge in [0.15, 0.2) is 0 Å². The summed E-state index contributed by atoms with van der Waals surface area (Å²) in [6.45, 7) is 9.28. The lowest BCUT2D eigenvalue weighted by Gasteiger charge is -2.21. The lowest BCUT2D eigenvalue weighted by Crippen LogP contribution is -2.32. The van der Waals surface area contributed by atoms with Crippen molar-refractivity contribution in [3.05, 3.63) is 57.9 Å². The molecular formula is C21H26ClN3O2. The summed E-state index contributed by atoms with van der Waals surface area (Å²) in [4.78, 5) is 31.3. The minimum Gasteiger partial charge on any atom is -0.339 e. The molecule has 2 aromatic rings. The number of pyridine rings is 1. The van der Waals surface area contributed by atoms with E-state index >= 15 is 0 Å². The summed E-state index contributed by atoms with van der Waals surface area (Å²) in [5.41, 5.74) is 3.10. The molecular weight excluding hydrogens is 362 g/mol. The first-order chi connectivity index (χ1) is 12.9. The number of aromatic nitrogens is 1. The van der Waals surface area contributed by atoms with E-state index in [1.807, 2.05) is 33.8 Å². The molecule has 0 saturated heterocycles. The normalized spacial score (nSPS) is 10.6. The van der Waals surface area contributed by atoms with Crippen LogP contribution in [0.4, 0.5) is 5.69 Å². The number of carbonyl (C=O) groups excluding carboxylic acids is 2. The quantitative estimate of drug-likeness (QED) is 0.737. The predicted octanol–water partition coefficient (Wildman–Crippen LogP) is 4.87. The second kappa shape index (κ2) is 9.51. The van der Waals surface area contributed by atoms with Gasteiger partial charge in [-0.05, 0) is 56.0 Å². The van der Waals surface area contributed by atoms with Gasteiger partial charge < -0.3 is 10.2 Å². The standard InChI is InChI=1S/C21H26ClN3O2/c1-5-9-25(10-6-2)21(27)16-7-8-23-18(13-16)20(26)24-19-15(4)11-14(3)12-17(19)22/h7-8,11-13H,5-6,9-10H2,1-4H3,(H,24,26).